The van der Waals surface area contributed by atoms with Gasteiger partial charge in [-0.3, -0.25) is 9.59 Å². The van der Waals surface area contributed by atoms with Crippen molar-refractivity contribution >= 4 is 27.8 Å². The SMILES string of the molecule is CCCCOC(C)C(=O)NC(CC(=O)O)c1ccc(Br)cc1. The van der Waals surface area contributed by atoms with Gasteiger partial charge >= 0.3 is 5.97 Å². The van der Waals surface area contributed by atoms with E-state index in [1.54, 1.807) is 19.1 Å². The Morgan fingerprint density at radius 3 is 2.50 bits per heavy atom. The smallest absolute Gasteiger partial charge is 0.305 e. The minimum Gasteiger partial charge on any atom is -0.481 e. The Labute approximate surface area is 139 Å². The number of amides is 1. The summed E-state index contributed by atoms with van der Waals surface area (Å²) in [5, 5.41) is 11.8. The number of unbranched alkanes of at least 4 members (excludes halogenated alkanes) is 1. The fraction of sp³-hybridized carbons (Fsp3) is 0.500. The number of halogens is 1. The lowest BCUT2D eigenvalue weighted by atomic mass is 10.0. The average molecular weight is 372 g/mol. The Morgan fingerprint density at radius 1 is 1.32 bits per heavy atom. The third-order valence-corrected chi connectivity index (χ3v) is 3.73. The zero-order valence-corrected chi connectivity index (χ0v) is 14.4. The van der Waals surface area contributed by atoms with Crippen LogP contribution < -0.4 is 5.32 Å². The molecular formula is C16H22BrNO4. The highest BCUT2D eigenvalue weighted by Crippen LogP contribution is 2.20. The maximum atomic E-state index is 12.1. The largest absolute Gasteiger partial charge is 0.481 e. The van der Waals surface area contributed by atoms with Crippen molar-refractivity contribution in [3.63, 3.8) is 0 Å². The number of rotatable bonds is 9. The number of carboxylic acid groups (broad SMARTS) is 1. The monoisotopic (exact) mass is 371 g/mol. The third kappa shape index (κ3) is 6.58. The number of hydrogen-bond acceptors (Lipinski definition) is 3. The standard InChI is InChI=1S/C16H22BrNO4/c1-3-4-9-22-11(2)16(21)18-14(10-15(19)20)12-5-7-13(17)8-6-12/h5-8,11,14H,3-4,9-10H2,1-2H3,(H,18,21)(H,19,20). The molecule has 2 N–H and O–H groups in total. The summed E-state index contributed by atoms with van der Waals surface area (Å²) >= 11 is 3.33. The van der Waals surface area contributed by atoms with Crippen molar-refractivity contribution in [2.24, 2.45) is 0 Å². The van der Waals surface area contributed by atoms with Gasteiger partial charge in [0.15, 0.2) is 0 Å². The van der Waals surface area contributed by atoms with Crippen LogP contribution >= 0.6 is 15.9 Å². The molecular weight excluding hydrogens is 350 g/mol. The highest BCUT2D eigenvalue weighted by atomic mass is 79.9. The van der Waals surface area contributed by atoms with Gasteiger partial charge in [-0.15, -0.1) is 0 Å². The number of benzene rings is 1. The van der Waals surface area contributed by atoms with Crippen molar-refractivity contribution in [2.45, 2.75) is 45.3 Å². The van der Waals surface area contributed by atoms with Crippen LogP contribution in [0.5, 0.6) is 0 Å². The first-order chi connectivity index (χ1) is 10.4. The van der Waals surface area contributed by atoms with Crippen molar-refractivity contribution in [1.82, 2.24) is 5.32 Å². The lowest BCUT2D eigenvalue weighted by Crippen LogP contribution is -2.38. The molecule has 1 aromatic rings. The van der Waals surface area contributed by atoms with Crippen LogP contribution in [-0.2, 0) is 14.3 Å². The Bertz CT molecular complexity index is 489. The number of carbonyl (C=O) groups excluding carboxylic acids is 1. The minimum absolute atomic E-state index is 0.172. The lowest BCUT2D eigenvalue weighted by molar-refractivity contribution is -0.138. The molecule has 22 heavy (non-hydrogen) atoms. The van der Waals surface area contributed by atoms with Crippen LogP contribution in [0.25, 0.3) is 0 Å². The molecule has 0 fully saturated rings. The third-order valence-electron chi connectivity index (χ3n) is 3.20. The van der Waals surface area contributed by atoms with Gasteiger partial charge in [0.1, 0.15) is 6.10 Å². The Hall–Kier alpha value is -1.40. The molecule has 0 aromatic heterocycles. The zero-order valence-electron chi connectivity index (χ0n) is 12.8. The summed E-state index contributed by atoms with van der Waals surface area (Å²) in [6.45, 7) is 4.24. The molecule has 5 nitrogen and oxygen atoms in total. The minimum atomic E-state index is -0.965. The quantitative estimate of drug-likeness (QED) is 0.653. The van der Waals surface area contributed by atoms with Crippen LogP contribution in [0.15, 0.2) is 28.7 Å². The van der Waals surface area contributed by atoms with Gasteiger partial charge in [0.05, 0.1) is 12.5 Å². The molecule has 1 rings (SSSR count). The molecule has 0 saturated heterocycles. The molecule has 2 unspecified atom stereocenters. The van der Waals surface area contributed by atoms with Crippen molar-refractivity contribution < 1.29 is 19.4 Å². The predicted molar refractivity (Wildman–Crippen MR) is 87.6 cm³/mol. The van der Waals surface area contributed by atoms with Crippen LogP contribution in [0, 0.1) is 0 Å². The Morgan fingerprint density at radius 2 is 1.95 bits per heavy atom. The maximum absolute atomic E-state index is 12.1. The lowest BCUT2D eigenvalue weighted by Gasteiger charge is -2.20. The van der Waals surface area contributed by atoms with Gasteiger partial charge in [0, 0.05) is 11.1 Å². The molecule has 0 aliphatic rings. The van der Waals surface area contributed by atoms with Crippen molar-refractivity contribution in [1.29, 1.82) is 0 Å². The highest BCUT2D eigenvalue weighted by molar-refractivity contribution is 9.10. The molecule has 122 valence electrons. The van der Waals surface area contributed by atoms with Crippen molar-refractivity contribution in [2.75, 3.05) is 6.61 Å². The molecule has 0 spiro atoms. The summed E-state index contributed by atoms with van der Waals surface area (Å²) in [7, 11) is 0. The molecule has 2 atom stereocenters. The second-order valence-corrected chi connectivity index (χ2v) is 5.99. The van der Waals surface area contributed by atoms with Gasteiger partial charge in [-0.05, 0) is 31.0 Å². The van der Waals surface area contributed by atoms with Crippen molar-refractivity contribution in [3.8, 4) is 0 Å². The molecule has 1 aromatic carbocycles. The number of carbonyl (C=O) groups is 2. The van der Waals surface area contributed by atoms with Gasteiger partial charge in [0.2, 0.25) is 5.91 Å². The summed E-state index contributed by atoms with van der Waals surface area (Å²) in [6.07, 6.45) is 1.12. The van der Waals surface area contributed by atoms with Gasteiger partial charge < -0.3 is 15.2 Å². The van der Waals surface area contributed by atoms with Crippen LogP contribution in [0.3, 0.4) is 0 Å². The van der Waals surface area contributed by atoms with E-state index >= 15 is 0 Å². The molecule has 1 amide bonds. The van der Waals surface area contributed by atoms with E-state index in [9.17, 15) is 9.59 Å². The summed E-state index contributed by atoms with van der Waals surface area (Å²) in [5.74, 6) is -1.27. The number of aliphatic carboxylic acids is 1. The molecule has 0 aliphatic carbocycles. The number of nitrogens with one attached hydrogen (secondary N) is 1. The van der Waals surface area contributed by atoms with E-state index in [0.29, 0.717) is 6.61 Å². The number of carboxylic acids is 1. The molecule has 0 saturated carbocycles. The van der Waals surface area contributed by atoms with Crippen LogP contribution in [-0.4, -0.2) is 29.7 Å². The molecule has 0 aliphatic heterocycles. The molecule has 0 radical (unpaired) electrons. The second-order valence-electron chi connectivity index (χ2n) is 5.08. The highest BCUT2D eigenvalue weighted by Gasteiger charge is 2.21. The van der Waals surface area contributed by atoms with Crippen LogP contribution in [0.1, 0.15) is 44.7 Å². The summed E-state index contributed by atoms with van der Waals surface area (Å²) < 4.78 is 6.33. The van der Waals surface area contributed by atoms with Crippen LogP contribution in [0.4, 0.5) is 0 Å². The first-order valence-corrected chi connectivity index (χ1v) is 8.12. The Balaban J connectivity index is 2.70. The fourth-order valence-corrected chi connectivity index (χ4v) is 2.16. The van der Waals surface area contributed by atoms with Gasteiger partial charge in [-0.1, -0.05) is 41.4 Å². The first-order valence-electron chi connectivity index (χ1n) is 7.33. The zero-order chi connectivity index (χ0) is 16.5. The number of hydrogen-bond donors (Lipinski definition) is 2. The van der Waals surface area contributed by atoms with E-state index in [2.05, 4.69) is 21.2 Å². The van der Waals surface area contributed by atoms with Crippen LogP contribution in [0.2, 0.25) is 0 Å². The van der Waals surface area contributed by atoms with E-state index in [-0.39, 0.29) is 12.3 Å². The summed E-state index contributed by atoms with van der Waals surface area (Å²) in [4.78, 5) is 23.2. The molecule has 6 heteroatoms. The fourth-order valence-electron chi connectivity index (χ4n) is 1.89. The predicted octanol–water partition coefficient (Wildman–Crippen LogP) is 3.29. The Kier molecular flexibility index (Phi) is 8.12. The first kappa shape index (κ1) is 18.6. The maximum Gasteiger partial charge on any atom is 0.305 e. The summed E-state index contributed by atoms with van der Waals surface area (Å²) in [5.41, 5.74) is 0.750. The number of ether oxygens (including phenoxy) is 1. The molecule has 0 bridgehead atoms. The van der Waals surface area contributed by atoms with Gasteiger partial charge in [0.25, 0.3) is 0 Å². The molecule has 0 heterocycles. The summed E-state index contributed by atoms with van der Waals surface area (Å²) in [6, 6.07) is 6.64. The second kappa shape index (κ2) is 9.58. The van der Waals surface area contributed by atoms with Gasteiger partial charge in [-0.25, -0.2) is 0 Å². The normalized spacial score (nSPS) is 13.4. The van der Waals surface area contributed by atoms with E-state index in [4.69, 9.17) is 9.84 Å². The topological polar surface area (TPSA) is 75.6 Å². The van der Waals surface area contributed by atoms with E-state index in [1.165, 1.54) is 0 Å². The van der Waals surface area contributed by atoms with Crippen molar-refractivity contribution in [3.05, 3.63) is 34.3 Å². The average Bonchev–Trinajstić information content (AvgIpc) is 2.47. The van der Waals surface area contributed by atoms with E-state index < -0.39 is 18.1 Å². The van der Waals surface area contributed by atoms with E-state index in [0.717, 1.165) is 22.9 Å². The van der Waals surface area contributed by atoms with Gasteiger partial charge in [-0.2, -0.15) is 0 Å². The van der Waals surface area contributed by atoms with E-state index in [1.807, 2.05) is 19.1 Å².